The van der Waals surface area contributed by atoms with Gasteiger partial charge < -0.3 is 5.32 Å². The number of carbonyl (C=O) groups excluding carboxylic acids is 2. The second kappa shape index (κ2) is 9.30. The van der Waals surface area contributed by atoms with Crippen LogP contribution in [-0.2, 0) is 11.3 Å². The van der Waals surface area contributed by atoms with E-state index in [0.717, 1.165) is 18.4 Å². The molecule has 0 saturated heterocycles. The van der Waals surface area contributed by atoms with E-state index in [0.29, 0.717) is 12.6 Å². The van der Waals surface area contributed by atoms with Crippen molar-refractivity contribution in [3.05, 3.63) is 35.9 Å². The fraction of sp³-hybridized carbons (Fsp3) is 0.556. The molecule has 0 unspecified atom stereocenters. The molecule has 0 aromatic heterocycles. The second-order valence-corrected chi connectivity index (χ2v) is 6.28. The molecule has 0 atom stereocenters. The number of amides is 3. The van der Waals surface area contributed by atoms with Gasteiger partial charge >= 0.3 is 6.03 Å². The van der Waals surface area contributed by atoms with Gasteiger partial charge in [-0.3, -0.25) is 15.0 Å². The molecule has 0 aliphatic heterocycles. The van der Waals surface area contributed by atoms with Crippen molar-refractivity contribution in [3.63, 3.8) is 0 Å². The molecule has 2 N–H and O–H groups in total. The molecule has 0 radical (unpaired) electrons. The topological polar surface area (TPSA) is 61.4 Å². The number of nitrogens with zero attached hydrogens (tertiary/aromatic N) is 1. The molecule has 126 valence electrons. The smallest absolute Gasteiger partial charge is 0.321 e. The Kier molecular flexibility index (Phi) is 7.07. The van der Waals surface area contributed by atoms with Gasteiger partial charge in [-0.25, -0.2) is 4.79 Å². The summed E-state index contributed by atoms with van der Waals surface area (Å²) < 4.78 is 0. The minimum absolute atomic E-state index is 0.248. The van der Waals surface area contributed by atoms with E-state index in [2.05, 4.69) is 15.5 Å². The van der Waals surface area contributed by atoms with Crippen LogP contribution in [0.3, 0.4) is 0 Å². The first-order chi connectivity index (χ1) is 11.1. The van der Waals surface area contributed by atoms with Crippen LogP contribution < -0.4 is 10.6 Å². The zero-order valence-corrected chi connectivity index (χ0v) is 13.9. The van der Waals surface area contributed by atoms with Crippen molar-refractivity contribution in [1.82, 2.24) is 15.5 Å². The van der Waals surface area contributed by atoms with Gasteiger partial charge in [0.2, 0.25) is 5.91 Å². The summed E-state index contributed by atoms with van der Waals surface area (Å²) in [5.74, 6) is -0.248. The predicted octanol–water partition coefficient (Wildman–Crippen LogP) is 2.67. The Hall–Kier alpha value is -1.88. The first-order valence-electron chi connectivity index (χ1n) is 8.47. The number of benzene rings is 1. The summed E-state index contributed by atoms with van der Waals surface area (Å²) in [7, 11) is 1.97. The Morgan fingerprint density at radius 2 is 1.74 bits per heavy atom. The van der Waals surface area contributed by atoms with Gasteiger partial charge in [-0.2, -0.15) is 0 Å². The molecule has 23 heavy (non-hydrogen) atoms. The lowest BCUT2D eigenvalue weighted by atomic mass is 10.1. The normalized spacial score (nSPS) is 15.9. The molecule has 0 heterocycles. The molecule has 1 saturated carbocycles. The van der Waals surface area contributed by atoms with Crippen molar-refractivity contribution in [3.8, 4) is 0 Å². The van der Waals surface area contributed by atoms with Crippen molar-refractivity contribution < 1.29 is 9.59 Å². The van der Waals surface area contributed by atoms with E-state index < -0.39 is 6.03 Å². The third-order valence-corrected chi connectivity index (χ3v) is 4.39. The van der Waals surface area contributed by atoms with E-state index in [1.165, 1.54) is 25.7 Å². The largest absolute Gasteiger partial charge is 0.334 e. The standard InChI is InChI=1S/C18H27N3O2/c1-21(16-11-7-2-3-8-12-16)14-17(22)20-18(23)19-13-15-9-5-4-6-10-15/h4-6,9-10,16H,2-3,7-8,11-14H2,1H3,(H2,19,20,22,23). The van der Waals surface area contributed by atoms with Gasteiger partial charge in [0, 0.05) is 12.6 Å². The zero-order valence-electron chi connectivity index (χ0n) is 13.9. The lowest BCUT2D eigenvalue weighted by Gasteiger charge is -2.26. The number of hydrogen-bond acceptors (Lipinski definition) is 3. The average molecular weight is 317 g/mol. The summed E-state index contributed by atoms with van der Waals surface area (Å²) in [6, 6.07) is 9.65. The molecular weight excluding hydrogens is 290 g/mol. The molecule has 0 spiro atoms. The minimum Gasteiger partial charge on any atom is -0.334 e. The van der Waals surface area contributed by atoms with Crippen LogP contribution in [0.15, 0.2) is 30.3 Å². The summed E-state index contributed by atoms with van der Waals surface area (Å²) in [5.41, 5.74) is 1.01. The maximum absolute atomic E-state index is 12.0. The Balaban J connectivity index is 1.69. The highest BCUT2D eigenvalue weighted by Gasteiger charge is 2.19. The Morgan fingerprint density at radius 3 is 2.39 bits per heavy atom. The van der Waals surface area contributed by atoms with Gasteiger partial charge in [0.1, 0.15) is 0 Å². The fourth-order valence-electron chi connectivity index (χ4n) is 3.04. The van der Waals surface area contributed by atoms with E-state index in [1.807, 2.05) is 37.4 Å². The molecule has 1 aliphatic rings. The van der Waals surface area contributed by atoms with Crippen molar-refractivity contribution in [2.45, 2.75) is 51.1 Å². The third-order valence-electron chi connectivity index (χ3n) is 4.39. The van der Waals surface area contributed by atoms with E-state index in [1.54, 1.807) is 0 Å². The van der Waals surface area contributed by atoms with E-state index in [4.69, 9.17) is 0 Å². The van der Waals surface area contributed by atoms with Gasteiger partial charge in [-0.05, 0) is 25.5 Å². The van der Waals surface area contributed by atoms with Crippen LogP contribution >= 0.6 is 0 Å². The summed E-state index contributed by atoms with van der Waals surface area (Å²) in [6.45, 7) is 0.682. The van der Waals surface area contributed by atoms with Gasteiger partial charge in [0.25, 0.3) is 0 Å². The molecule has 1 aromatic rings. The van der Waals surface area contributed by atoms with Crippen LogP contribution in [-0.4, -0.2) is 36.5 Å². The van der Waals surface area contributed by atoms with Crippen molar-refractivity contribution in [1.29, 1.82) is 0 Å². The maximum Gasteiger partial charge on any atom is 0.321 e. The number of likely N-dealkylation sites (N-methyl/N-ethyl adjacent to an activating group) is 1. The highest BCUT2D eigenvalue weighted by Crippen LogP contribution is 2.20. The van der Waals surface area contributed by atoms with E-state index in [-0.39, 0.29) is 12.5 Å². The van der Waals surface area contributed by atoms with Gasteiger partial charge in [-0.1, -0.05) is 56.0 Å². The molecular formula is C18H27N3O2. The van der Waals surface area contributed by atoms with Crippen LogP contribution in [0.1, 0.15) is 44.1 Å². The molecule has 2 rings (SSSR count). The van der Waals surface area contributed by atoms with Crippen LogP contribution in [0.5, 0.6) is 0 Å². The number of rotatable bonds is 5. The van der Waals surface area contributed by atoms with Gasteiger partial charge in [0.05, 0.1) is 6.54 Å². The SMILES string of the molecule is CN(CC(=O)NC(=O)NCc1ccccc1)C1CCCCCC1. The van der Waals surface area contributed by atoms with Crippen molar-refractivity contribution >= 4 is 11.9 Å². The van der Waals surface area contributed by atoms with Crippen LogP contribution in [0, 0.1) is 0 Å². The van der Waals surface area contributed by atoms with E-state index in [9.17, 15) is 9.59 Å². The van der Waals surface area contributed by atoms with Gasteiger partial charge in [0.15, 0.2) is 0 Å². The second-order valence-electron chi connectivity index (χ2n) is 6.28. The fourth-order valence-corrected chi connectivity index (χ4v) is 3.04. The number of imide groups is 1. The zero-order chi connectivity index (χ0) is 16.5. The van der Waals surface area contributed by atoms with Crippen LogP contribution in [0.25, 0.3) is 0 Å². The summed E-state index contributed by atoms with van der Waals surface area (Å²) >= 11 is 0. The number of nitrogens with one attached hydrogen (secondary N) is 2. The van der Waals surface area contributed by atoms with Crippen molar-refractivity contribution in [2.24, 2.45) is 0 Å². The molecule has 5 heteroatoms. The molecule has 1 aromatic carbocycles. The summed E-state index contributed by atoms with van der Waals surface area (Å²) in [4.78, 5) is 25.8. The number of hydrogen-bond donors (Lipinski definition) is 2. The molecule has 5 nitrogen and oxygen atoms in total. The Labute approximate surface area is 138 Å². The molecule has 1 fully saturated rings. The Bertz CT molecular complexity index is 496. The molecule has 1 aliphatic carbocycles. The first kappa shape index (κ1) is 17.5. The lowest BCUT2D eigenvalue weighted by Crippen LogP contribution is -2.45. The van der Waals surface area contributed by atoms with E-state index >= 15 is 0 Å². The quantitative estimate of drug-likeness (QED) is 0.821. The summed E-state index contributed by atoms with van der Waals surface area (Å²) in [6.07, 6.45) is 7.33. The van der Waals surface area contributed by atoms with Crippen molar-refractivity contribution in [2.75, 3.05) is 13.6 Å². The maximum atomic E-state index is 12.0. The lowest BCUT2D eigenvalue weighted by molar-refractivity contribution is -0.121. The Morgan fingerprint density at radius 1 is 1.09 bits per heavy atom. The van der Waals surface area contributed by atoms with Crippen LogP contribution in [0.4, 0.5) is 4.79 Å². The highest BCUT2D eigenvalue weighted by atomic mass is 16.2. The minimum atomic E-state index is -0.437. The highest BCUT2D eigenvalue weighted by molar-refractivity contribution is 5.95. The summed E-state index contributed by atoms with van der Waals surface area (Å²) in [5, 5.41) is 5.11. The van der Waals surface area contributed by atoms with Gasteiger partial charge in [-0.15, -0.1) is 0 Å². The van der Waals surface area contributed by atoms with Crippen LogP contribution in [0.2, 0.25) is 0 Å². The number of urea groups is 1. The monoisotopic (exact) mass is 317 g/mol. The average Bonchev–Trinajstić information content (AvgIpc) is 2.83. The molecule has 3 amide bonds. The third kappa shape index (κ3) is 6.40. The molecule has 0 bridgehead atoms. The first-order valence-corrected chi connectivity index (χ1v) is 8.47. The predicted molar refractivity (Wildman–Crippen MR) is 90.9 cm³/mol. The number of carbonyl (C=O) groups is 2.